The molecule has 0 amide bonds. The topological polar surface area (TPSA) is 31.9 Å². The number of pyridine rings is 1. The molecule has 4 nitrogen and oxygen atoms in total. The molecule has 0 spiro atoms. The summed E-state index contributed by atoms with van der Waals surface area (Å²) in [6.45, 7) is 0. The highest BCUT2D eigenvalue weighted by Gasteiger charge is 2.22. The van der Waals surface area contributed by atoms with Crippen molar-refractivity contribution in [2.45, 2.75) is 0 Å². The van der Waals surface area contributed by atoms with E-state index in [1.807, 2.05) is 59.2 Å². The van der Waals surface area contributed by atoms with Gasteiger partial charge in [-0.05, 0) is 83.9 Å². The third-order valence-corrected chi connectivity index (χ3v) is 9.83. The monoisotopic (exact) mass is 627 g/mol. The number of aromatic nitrogens is 3. The molecule has 10 rings (SSSR count). The van der Waals surface area contributed by atoms with Gasteiger partial charge in [0.1, 0.15) is 0 Å². The Morgan fingerprint density at radius 2 is 0.735 bits per heavy atom. The maximum atomic E-state index is 14.4. The number of benzene rings is 7. The molecule has 0 radical (unpaired) electrons. The summed E-state index contributed by atoms with van der Waals surface area (Å²) in [5.74, 6) is 0. The molecule has 0 aliphatic rings. The van der Waals surface area contributed by atoms with Crippen LogP contribution in [-0.2, 0) is 0 Å². The summed E-state index contributed by atoms with van der Waals surface area (Å²) in [5, 5.41) is 5.07. The number of para-hydroxylation sites is 4. The summed E-state index contributed by atoms with van der Waals surface area (Å²) in [5.41, 5.74) is 10.5. The van der Waals surface area contributed by atoms with Gasteiger partial charge in [-0.15, -0.1) is 0 Å². The zero-order valence-electron chi connectivity index (χ0n) is 26.5. The van der Waals surface area contributed by atoms with Crippen LogP contribution in [0.15, 0.2) is 181 Å². The summed E-state index contributed by atoms with van der Waals surface area (Å²) in [4.78, 5) is 14.4. The van der Waals surface area contributed by atoms with Crippen molar-refractivity contribution in [1.29, 1.82) is 0 Å². The molecule has 0 saturated heterocycles. The van der Waals surface area contributed by atoms with E-state index in [2.05, 4.69) is 130 Å². The molecule has 7 aromatic carbocycles. The Morgan fingerprint density at radius 1 is 0.306 bits per heavy atom. The molecule has 49 heavy (non-hydrogen) atoms. The van der Waals surface area contributed by atoms with Crippen LogP contribution in [0.1, 0.15) is 0 Å². The van der Waals surface area contributed by atoms with Gasteiger partial charge in [-0.3, -0.25) is 9.36 Å². The van der Waals surface area contributed by atoms with Crippen LogP contribution >= 0.6 is 0 Å². The van der Waals surface area contributed by atoms with Crippen molar-refractivity contribution in [1.82, 2.24) is 13.7 Å². The van der Waals surface area contributed by atoms with E-state index < -0.39 is 0 Å². The summed E-state index contributed by atoms with van der Waals surface area (Å²) in [6, 6.07) is 61.1. The number of rotatable bonds is 4. The van der Waals surface area contributed by atoms with Gasteiger partial charge in [0, 0.05) is 44.0 Å². The van der Waals surface area contributed by atoms with E-state index in [1.54, 1.807) is 0 Å². The van der Waals surface area contributed by atoms with Crippen molar-refractivity contribution in [2.75, 3.05) is 0 Å². The molecule has 0 unspecified atom stereocenters. The standard InChI is InChI=1S/C45H29N3O/c49-45-37-22-11-10-21-36(37)43-44(48(45)34-18-8-3-9-19-34)39-29-31(25-27-42(39)47(43)33-16-6-2-7-17-33)30-24-26-41-38(28-30)35-20-12-13-23-40(35)46(41)32-14-4-1-5-15-32/h1-29H. The first-order valence-electron chi connectivity index (χ1n) is 16.6. The Morgan fingerprint density at radius 3 is 1.37 bits per heavy atom. The molecule has 230 valence electrons. The second-order valence-corrected chi connectivity index (χ2v) is 12.5. The summed E-state index contributed by atoms with van der Waals surface area (Å²) >= 11 is 0. The highest BCUT2D eigenvalue weighted by molar-refractivity contribution is 6.18. The van der Waals surface area contributed by atoms with Crippen LogP contribution < -0.4 is 5.56 Å². The second-order valence-electron chi connectivity index (χ2n) is 12.5. The van der Waals surface area contributed by atoms with Crippen LogP contribution in [0.4, 0.5) is 0 Å². The molecule has 0 atom stereocenters. The van der Waals surface area contributed by atoms with E-state index in [4.69, 9.17) is 0 Å². The van der Waals surface area contributed by atoms with Crippen molar-refractivity contribution in [3.05, 3.63) is 186 Å². The zero-order chi connectivity index (χ0) is 32.5. The second kappa shape index (κ2) is 10.7. The predicted octanol–water partition coefficient (Wildman–Crippen LogP) is 10.9. The van der Waals surface area contributed by atoms with E-state index in [1.165, 1.54) is 21.8 Å². The van der Waals surface area contributed by atoms with E-state index in [9.17, 15) is 4.79 Å². The molecule has 0 saturated carbocycles. The van der Waals surface area contributed by atoms with Crippen molar-refractivity contribution >= 4 is 54.5 Å². The Balaban J connectivity index is 1.31. The van der Waals surface area contributed by atoms with Crippen molar-refractivity contribution < 1.29 is 0 Å². The fourth-order valence-electron chi connectivity index (χ4n) is 7.70. The zero-order valence-corrected chi connectivity index (χ0v) is 26.5. The minimum absolute atomic E-state index is 0.0260. The number of hydrogen-bond acceptors (Lipinski definition) is 1. The number of nitrogens with zero attached hydrogens (tertiary/aromatic N) is 3. The maximum absolute atomic E-state index is 14.4. The third kappa shape index (κ3) is 4.07. The lowest BCUT2D eigenvalue weighted by Gasteiger charge is -2.13. The van der Waals surface area contributed by atoms with Gasteiger partial charge in [-0.1, -0.05) is 103 Å². The van der Waals surface area contributed by atoms with Gasteiger partial charge >= 0.3 is 0 Å². The highest BCUT2D eigenvalue weighted by atomic mass is 16.1. The average Bonchev–Trinajstić information content (AvgIpc) is 3.69. The lowest BCUT2D eigenvalue weighted by Crippen LogP contribution is -2.19. The molecular weight excluding hydrogens is 599 g/mol. The van der Waals surface area contributed by atoms with Crippen molar-refractivity contribution in [3.63, 3.8) is 0 Å². The maximum Gasteiger partial charge on any atom is 0.263 e. The van der Waals surface area contributed by atoms with Crippen LogP contribution in [0.5, 0.6) is 0 Å². The van der Waals surface area contributed by atoms with Gasteiger partial charge in [0.05, 0.1) is 27.6 Å². The average molecular weight is 628 g/mol. The Labute approximate surface area is 281 Å². The summed E-state index contributed by atoms with van der Waals surface area (Å²) < 4.78 is 6.56. The minimum atomic E-state index is -0.0260. The van der Waals surface area contributed by atoms with Gasteiger partial charge in [0.25, 0.3) is 5.56 Å². The number of hydrogen-bond donors (Lipinski definition) is 0. The van der Waals surface area contributed by atoms with E-state index in [0.29, 0.717) is 5.39 Å². The van der Waals surface area contributed by atoms with Gasteiger partial charge in [0.2, 0.25) is 0 Å². The van der Waals surface area contributed by atoms with Gasteiger partial charge in [-0.25, -0.2) is 0 Å². The van der Waals surface area contributed by atoms with Gasteiger partial charge < -0.3 is 9.13 Å². The Kier molecular flexibility index (Phi) is 5.99. The van der Waals surface area contributed by atoms with Crippen LogP contribution in [0, 0.1) is 0 Å². The van der Waals surface area contributed by atoms with Crippen LogP contribution in [-0.4, -0.2) is 13.7 Å². The van der Waals surface area contributed by atoms with Crippen LogP contribution in [0.25, 0.3) is 82.7 Å². The minimum Gasteiger partial charge on any atom is -0.309 e. The Bertz CT molecular complexity index is 2930. The molecular formula is C45H29N3O. The molecule has 0 fully saturated rings. The van der Waals surface area contributed by atoms with Gasteiger partial charge in [0.15, 0.2) is 0 Å². The summed E-state index contributed by atoms with van der Waals surface area (Å²) in [6.07, 6.45) is 0. The first-order chi connectivity index (χ1) is 24.3. The molecule has 0 aliphatic carbocycles. The first kappa shape index (κ1) is 27.5. The lowest BCUT2D eigenvalue weighted by atomic mass is 10.0. The van der Waals surface area contributed by atoms with Crippen molar-refractivity contribution in [3.8, 4) is 28.2 Å². The molecule has 0 N–H and O–H groups in total. The quantitative estimate of drug-likeness (QED) is 0.191. The normalized spacial score (nSPS) is 11.8. The van der Waals surface area contributed by atoms with Crippen molar-refractivity contribution in [2.24, 2.45) is 0 Å². The molecule has 4 heteroatoms. The SMILES string of the molecule is O=c1c2ccccc2c2c(c3cc(-c4ccc5c(c4)c4ccccc4n5-c4ccccc4)ccc3n2-c2ccccc2)n1-c1ccccc1. The van der Waals surface area contributed by atoms with E-state index in [-0.39, 0.29) is 5.56 Å². The molecule has 3 heterocycles. The van der Waals surface area contributed by atoms with Gasteiger partial charge in [-0.2, -0.15) is 0 Å². The smallest absolute Gasteiger partial charge is 0.263 e. The molecule has 0 aliphatic heterocycles. The third-order valence-electron chi connectivity index (χ3n) is 9.83. The highest BCUT2D eigenvalue weighted by Crippen LogP contribution is 2.40. The van der Waals surface area contributed by atoms with Crippen LogP contribution in [0.3, 0.4) is 0 Å². The predicted molar refractivity (Wildman–Crippen MR) is 204 cm³/mol. The Hall–Kier alpha value is -6.65. The number of fused-ring (bicyclic) bond motifs is 8. The fourth-order valence-corrected chi connectivity index (χ4v) is 7.70. The van der Waals surface area contributed by atoms with E-state index >= 15 is 0 Å². The molecule has 0 bridgehead atoms. The first-order valence-corrected chi connectivity index (χ1v) is 16.6. The largest absolute Gasteiger partial charge is 0.309 e. The van der Waals surface area contributed by atoms with E-state index in [0.717, 1.165) is 55.5 Å². The molecule has 10 aromatic rings. The molecule has 3 aromatic heterocycles. The lowest BCUT2D eigenvalue weighted by molar-refractivity contribution is 1.06. The fraction of sp³-hybridized carbons (Fsp3) is 0. The summed E-state index contributed by atoms with van der Waals surface area (Å²) in [7, 11) is 0. The van der Waals surface area contributed by atoms with Crippen LogP contribution in [0.2, 0.25) is 0 Å².